The van der Waals surface area contributed by atoms with Crippen LogP contribution in [0.25, 0.3) is 5.53 Å². The zero-order valence-corrected chi connectivity index (χ0v) is 6.73. The number of hydrogen-bond acceptors (Lipinski definition) is 3. The van der Waals surface area contributed by atoms with E-state index in [0.29, 0.717) is 0 Å². The molecule has 0 atom stereocenters. The van der Waals surface area contributed by atoms with Crippen LogP contribution in [0, 0.1) is 0 Å². The minimum absolute atomic E-state index is 0.213. The highest BCUT2D eigenvalue weighted by atomic mass is 16.5. The smallest absolute Gasteiger partial charge is 0.421 e. The van der Waals surface area contributed by atoms with Gasteiger partial charge in [-0.05, 0) is 6.92 Å². The van der Waals surface area contributed by atoms with Crippen LogP contribution in [0.3, 0.4) is 0 Å². The Bertz CT molecular complexity index is 229. The highest BCUT2D eigenvalue weighted by molar-refractivity contribution is 6.38. The summed E-state index contributed by atoms with van der Waals surface area (Å²) in [5, 5.41) is 8.35. The molecule has 0 radical (unpaired) electrons. The van der Waals surface area contributed by atoms with E-state index < -0.39 is 5.97 Å². The summed E-state index contributed by atoms with van der Waals surface area (Å²) in [4.78, 5) is 13.5. The lowest BCUT2D eigenvalue weighted by Gasteiger charge is -1.92. The topological polar surface area (TPSA) is 82.9 Å². The van der Waals surface area contributed by atoms with Crippen LogP contribution < -0.4 is 0 Å². The molecule has 0 rings (SSSR count). The Morgan fingerprint density at radius 2 is 2.42 bits per heavy atom. The second kappa shape index (κ2) is 6.27. The molecule has 0 spiro atoms. The van der Waals surface area contributed by atoms with Crippen LogP contribution >= 0.6 is 0 Å². The molecule has 0 aliphatic heterocycles. The normalized spacial score (nSPS) is 9.50. The summed E-state index contributed by atoms with van der Waals surface area (Å²) in [7, 11) is 0. The Balaban J connectivity index is 4.27. The Hall–Kier alpha value is -1.45. The molecular formula is C7H10N2O3. The van der Waals surface area contributed by atoms with Gasteiger partial charge in [0, 0.05) is 6.08 Å². The minimum Gasteiger partial charge on any atom is -0.457 e. The largest absolute Gasteiger partial charge is 0.457 e. The van der Waals surface area contributed by atoms with E-state index in [0.717, 1.165) is 0 Å². The zero-order valence-electron chi connectivity index (χ0n) is 6.73. The van der Waals surface area contributed by atoms with Crippen molar-refractivity contribution < 1.29 is 19.4 Å². The van der Waals surface area contributed by atoms with Crippen LogP contribution in [0.2, 0.25) is 0 Å². The van der Waals surface area contributed by atoms with E-state index in [1.807, 2.05) is 0 Å². The van der Waals surface area contributed by atoms with Gasteiger partial charge in [0.1, 0.15) is 0 Å². The first kappa shape index (κ1) is 10.6. The van der Waals surface area contributed by atoms with Crippen molar-refractivity contribution in [3.8, 4) is 0 Å². The molecule has 0 heterocycles. The average molecular weight is 170 g/mol. The van der Waals surface area contributed by atoms with Gasteiger partial charge >= 0.3 is 11.7 Å². The first-order valence-electron chi connectivity index (χ1n) is 3.42. The number of nitrogens with zero attached hydrogens (tertiary/aromatic N) is 2. The maximum absolute atomic E-state index is 10.8. The van der Waals surface area contributed by atoms with E-state index in [1.54, 1.807) is 6.92 Å². The molecule has 0 saturated heterocycles. The lowest BCUT2D eigenvalue weighted by molar-refractivity contribution is -0.139. The Morgan fingerprint density at radius 3 is 2.83 bits per heavy atom. The van der Waals surface area contributed by atoms with E-state index in [4.69, 9.17) is 10.6 Å². The summed E-state index contributed by atoms with van der Waals surface area (Å²) in [5.41, 5.74) is 8.07. The van der Waals surface area contributed by atoms with Crippen LogP contribution in [-0.4, -0.2) is 34.8 Å². The molecule has 0 aliphatic carbocycles. The number of aliphatic hydroxyl groups excluding tert-OH is 1. The van der Waals surface area contributed by atoms with E-state index in [2.05, 4.69) is 9.53 Å². The van der Waals surface area contributed by atoms with Crippen LogP contribution in [0.5, 0.6) is 0 Å². The first-order chi connectivity index (χ1) is 5.76. The van der Waals surface area contributed by atoms with E-state index in [9.17, 15) is 4.79 Å². The van der Waals surface area contributed by atoms with Gasteiger partial charge in [-0.3, -0.25) is 0 Å². The van der Waals surface area contributed by atoms with Gasteiger partial charge in [0.15, 0.2) is 0 Å². The van der Waals surface area contributed by atoms with Gasteiger partial charge in [-0.25, -0.2) is 4.79 Å². The molecule has 0 aromatic carbocycles. The van der Waals surface area contributed by atoms with E-state index in [-0.39, 0.29) is 18.9 Å². The van der Waals surface area contributed by atoms with Gasteiger partial charge in [-0.1, -0.05) is 6.08 Å². The predicted octanol–water partition coefficient (Wildman–Crippen LogP) is -0.231. The van der Waals surface area contributed by atoms with Crippen molar-refractivity contribution in [3.05, 3.63) is 17.7 Å². The second-order valence-corrected chi connectivity index (χ2v) is 1.79. The molecule has 0 fully saturated rings. The first-order valence-corrected chi connectivity index (χ1v) is 3.42. The summed E-state index contributed by atoms with van der Waals surface area (Å²) in [6.07, 6.45) is 2.45. The van der Waals surface area contributed by atoms with Gasteiger partial charge in [-0.15, -0.1) is 0 Å². The highest BCUT2D eigenvalue weighted by Crippen LogP contribution is 1.83. The van der Waals surface area contributed by atoms with Gasteiger partial charge in [-0.2, -0.15) is 4.79 Å². The highest BCUT2D eigenvalue weighted by Gasteiger charge is 2.16. The monoisotopic (exact) mass is 170 g/mol. The van der Waals surface area contributed by atoms with Gasteiger partial charge < -0.3 is 15.4 Å². The molecule has 1 N–H and O–H groups in total. The maximum Gasteiger partial charge on any atom is 0.421 e. The third-order valence-corrected chi connectivity index (χ3v) is 0.973. The quantitative estimate of drug-likeness (QED) is 0.274. The number of hydrogen-bond donors (Lipinski definition) is 1. The Kier molecular flexibility index (Phi) is 5.51. The fourth-order valence-electron chi connectivity index (χ4n) is 0.512. The number of rotatable bonds is 4. The summed E-state index contributed by atoms with van der Waals surface area (Å²) in [5.74, 6) is -0.718. The standard InChI is InChI=1S/C7H10N2O3/c1-2-12-7(11)6(9-8)4-3-5-10/h3-4,10H,2,5H2,1H3. The molecule has 12 heavy (non-hydrogen) atoms. The number of ether oxygens (including phenoxy) is 1. The Morgan fingerprint density at radius 1 is 1.75 bits per heavy atom. The number of carbonyl (C=O) groups excluding carboxylic acids is 1. The molecule has 66 valence electrons. The third-order valence-electron chi connectivity index (χ3n) is 0.973. The molecule has 0 bridgehead atoms. The molecule has 0 aromatic rings. The second-order valence-electron chi connectivity index (χ2n) is 1.79. The number of carbonyl (C=O) groups is 1. The SMILES string of the molecule is CCOC(=O)C(C=CCO)=[N+]=[N-]. The summed E-state index contributed by atoms with van der Waals surface area (Å²) in [6.45, 7) is 1.63. The van der Waals surface area contributed by atoms with Crippen molar-refractivity contribution in [2.24, 2.45) is 0 Å². The van der Waals surface area contributed by atoms with Crippen LogP contribution in [0.1, 0.15) is 6.92 Å². The Labute approximate surface area is 69.9 Å². The molecule has 0 amide bonds. The van der Waals surface area contributed by atoms with Gasteiger partial charge in [0.25, 0.3) is 0 Å². The lowest BCUT2D eigenvalue weighted by Crippen LogP contribution is -2.16. The molecule has 5 heteroatoms. The van der Waals surface area contributed by atoms with Crippen molar-refractivity contribution in [3.63, 3.8) is 0 Å². The summed E-state index contributed by atoms with van der Waals surface area (Å²) >= 11 is 0. The molecule has 0 aromatic heterocycles. The van der Waals surface area contributed by atoms with Crippen LogP contribution in [-0.2, 0) is 9.53 Å². The minimum atomic E-state index is -0.718. The van der Waals surface area contributed by atoms with Crippen molar-refractivity contribution in [2.45, 2.75) is 6.92 Å². The summed E-state index contributed by atoms with van der Waals surface area (Å²) in [6, 6.07) is 0. The maximum atomic E-state index is 10.8. The van der Waals surface area contributed by atoms with Crippen LogP contribution in [0.4, 0.5) is 0 Å². The van der Waals surface area contributed by atoms with Gasteiger partial charge in [0.05, 0.1) is 13.2 Å². The fourth-order valence-corrected chi connectivity index (χ4v) is 0.512. The molecule has 0 saturated carbocycles. The average Bonchev–Trinajstić information content (AvgIpc) is 2.06. The predicted molar refractivity (Wildman–Crippen MR) is 41.5 cm³/mol. The van der Waals surface area contributed by atoms with Crippen LogP contribution in [0.15, 0.2) is 12.2 Å². The number of aliphatic hydroxyl groups is 1. The van der Waals surface area contributed by atoms with E-state index in [1.165, 1.54) is 12.2 Å². The molecule has 0 aliphatic rings. The molecule has 0 unspecified atom stereocenters. The summed E-state index contributed by atoms with van der Waals surface area (Å²) < 4.78 is 4.53. The van der Waals surface area contributed by atoms with Crippen molar-refractivity contribution in [1.82, 2.24) is 0 Å². The van der Waals surface area contributed by atoms with Crippen molar-refractivity contribution >= 4 is 11.7 Å². The number of esters is 1. The lowest BCUT2D eigenvalue weighted by atomic mass is 10.3. The third kappa shape index (κ3) is 3.65. The zero-order chi connectivity index (χ0) is 9.40. The van der Waals surface area contributed by atoms with Gasteiger partial charge in [0.2, 0.25) is 0 Å². The fraction of sp³-hybridized carbons (Fsp3) is 0.429. The molecule has 5 nitrogen and oxygen atoms in total. The van der Waals surface area contributed by atoms with E-state index >= 15 is 0 Å². The van der Waals surface area contributed by atoms with Crippen molar-refractivity contribution in [2.75, 3.05) is 13.2 Å². The molecular weight excluding hydrogens is 160 g/mol. The van der Waals surface area contributed by atoms with Crippen molar-refractivity contribution in [1.29, 1.82) is 0 Å².